The van der Waals surface area contributed by atoms with Gasteiger partial charge in [0.2, 0.25) is 5.91 Å². The average Bonchev–Trinajstić information content (AvgIpc) is 2.39. The highest BCUT2D eigenvalue weighted by Gasteiger charge is 2.25. The molecule has 1 saturated heterocycles. The van der Waals surface area contributed by atoms with Crippen LogP contribution >= 0.6 is 12.4 Å². The van der Waals surface area contributed by atoms with Crippen molar-refractivity contribution in [1.29, 1.82) is 0 Å². The Hall–Kier alpha value is -1.26. The topological polar surface area (TPSA) is 50.4 Å². The number of aryl methyl sites for hydroxylation is 1. The maximum Gasteiger partial charge on any atom is 0.227 e. The minimum Gasteiger partial charge on any atom is -0.495 e. The second kappa shape index (κ2) is 7.50. The molecule has 4 nitrogen and oxygen atoms in total. The van der Waals surface area contributed by atoms with Crippen molar-refractivity contribution >= 4 is 24.0 Å². The molecule has 2 rings (SSSR count). The van der Waals surface area contributed by atoms with Gasteiger partial charge in [-0.15, -0.1) is 12.4 Å². The van der Waals surface area contributed by atoms with E-state index in [9.17, 15) is 4.79 Å². The van der Waals surface area contributed by atoms with Gasteiger partial charge in [-0.2, -0.15) is 0 Å². The van der Waals surface area contributed by atoms with Crippen molar-refractivity contribution in [1.82, 2.24) is 5.32 Å². The molecule has 2 atom stereocenters. The molecule has 20 heavy (non-hydrogen) atoms. The molecule has 1 heterocycles. The van der Waals surface area contributed by atoms with Crippen LogP contribution in [0.1, 0.15) is 25.3 Å². The van der Waals surface area contributed by atoms with E-state index in [1.54, 1.807) is 7.11 Å². The normalized spacial score (nSPS) is 21.8. The quantitative estimate of drug-likeness (QED) is 0.902. The number of hydrogen-bond donors (Lipinski definition) is 2. The van der Waals surface area contributed by atoms with Gasteiger partial charge in [0, 0.05) is 12.0 Å². The molecular formula is C15H23ClN2O2. The number of ether oxygens (including phenoxy) is 1. The number of amides is 1. The van der Waals surface area contributed by atoms with Crippen LogP contribution in [0, 0.1) is 12.8 Å². The highest BCUT2D eigenvalue weighted by atomic mass is 35.5. The first-order valence-corrected chi connectivity index (χ1v) is 6.79. The summed E-state index contributed by atoms with van der Waals surface area (Å²) in [6.45, 7) is 5.03. The smallest absolute Gasteiger partial charge is 0.227 e. The Morgan fingerprint density at radius 1 is 1.45 bits per heavy atom. The standard InChI is InChI=1S/C15H22N2O2.ClH/c1-10-4-5-14(19-3)13(8-10)17-15(18)12-6-7-16-11(2)9-12;/h4-5,8,11-12,16H,6-7,9H2,1-3H3,(H,17,18);1H/t11-,12-;/m0./s1. The molecule has 1 aliphatic heterocycles. The second-order valence-corrected chi connectivity index (χ2v) is 5.27. The Bertz CT molecular complexity index is 465. The zero-order chi connectivity index (χ0) is 13.8. The van der Waals surface area contributed by atoms with Crippen LogP contribution in [0.15, 0.2) is 18.2 Å². The van der Waals surface area contributed by atoms with Crippen molar-refractivity contribution in [2.24, 2.45) is 5.92 Å². The Labute approximate surface area is 126 Å². The van der Waals surface area contributed by atoms with Gasteiger partial charge in [0.15, 0.2) is 0 Å². The average molecular weight is 299 g/mol. The molecule has 1 aliphatic rings. The Balaban J connectivity index is 0.00000200. The van der Waals surface area contributed by atoms with Crippen LogP contribution in [0.3, 0.4) is 0 Å². The number of anilines is 1. The van der Waals surface area contributed by atoms with Gasteiger partial charge >= 0.3 is 0 Å². The summed E-state index contributed by atoms with van der Waals surface area (Å²) in [6, 6.07) is 6.21. The number of carbonyl (C=O) groups excluding carboxylic acids is 1. The first-order chi connectivity index (χ1) is 9.10. The van der Waals surface area contributed by atoms with E-state index in [-0.39, 0.29) is 24.2 Å². The zero-order valence-corrected chi connectivity index (χ0v) is 13.0. The van der Waals surface area contributed by atoms with Gasteiger partial charge in [-0.05, 0) is 50.9 Å². The summed E-state index contributed by atoms with van der Waals surface area (Å²) in [6.07, 6.45) is 1.78. The molecule has 0 radical (unpaired) electrons. The molecule has 0 aliphatic carbocycles. The Kier molecular flexibility index (Phi) is 6.30. The fourth-order valence-corrected chi connectivity index (χ4v) is 2.52. The van der Waals surface area contributed by atoms with Gasteiger partial charge in [0.1, 0.15) is 5.75 Å². The molecule has 1 aromatic carbocycles. The van der Waals surface area contributed by atoms with E-state index in [2.05, 4.69) is 17.6 Å². The van der Waals surface area contributed by atoms with Crippen LogP contribution in [-0.4, -0.2) is 25.6 Å². The molecule has 0 bridgehead atoms. The van der Waals surface area contributed by atoms with Crippen molar-refractivity contribution in [3.8, 4) is 5.75 Å². The van der Waals surface area contributed by atoms with Crippen LogP contribution in [0.25, 0.3) is 0 Å². The van der Waals surface area contributed by atoms with Gasteiger partial charge in [0.05, 0.1) is 12.8 Å². The number of halogens is 1. The summed E-state index contributed by atoms with van der Waals surface area (Å²) in [5, 5.41) is 6.36. The maximum atomic E-state index is 12.3. The summed E-state index contributed by atoms with van der Waals surface area (Å²) in [5.74, 6) is 0.889. The third-order valence-corrected chi connectivity index (χ3v) is 3.61. The highest BCUT2D eigenvalue weighted by Crippen LogP contribution is 2.27. The zero-order valence-electron chi connectivity index (χ0n) is 12.2. The SMILES string of the molecule is COc1ccc(C)cc1NC(=O)[C@H]1CCN[C@@H](C)C1.Cl. The van der Waals surface area contributed by atoms with Crippen molar-refractivity contribution in [3.63, 3.8) is 0 Å². The van der Waals surface area contributed by atoms with Crippen molar-refractivity contribution < 1.29 is 9.53 Å². The van der Waals surface area contributed by atoms with Crippen LogP contribution < -0.4 is 15.4 Å². The lowest BCUT2D eigenvalue weighted by Crippen LogP contribution is -2.40. The number of methoxy groups -OCH3 is 1. The van der Waals surface area contributed by atoms with E-state index in [4.69, 9.17) is 4.74 Å². The molecule has 0 aromatic heterocycles. The molecular weight excluding hydrogens is 276 g/mol. The van der Waals surface area contributed by atoms with Crippen LogP contribution in [0.4, 0.5) is 5.69 Å². The van der Waals surface area contributed by atoms with E-state index >= 15 is 0 Å². The van der Waals surface area contributed by atoms with Crippen molar-refractivity contribution in [2.75, 3.05) is 19.0 Å². The minimum atomic E-state index is 0. The first kappa shape index (κ1) is 16.8. The monoisotopic (exact) mass is 298 g/mol. The predicted molar refractivity (Wildman–Crippen MR) is 83.8 cm³/mol. The number of carbonyl (C=O) groups is 1. The van der Waals surface area contributed by atoms with E-state index in [0.717, 1.165) is 30.6 Å². The molecule has 1 fully saturated rings. The largest absolute Gasteiger partial charge is 0.495 e. The third kappa shape index (κ3) is 4.12. The molecule has 0 unspecified atom stereocenters. The summed E-state index contributed by atoms with van der Waals surface area (Å²) in [7, 11) is 1.62. The molecule has 2 N–H and O–H groups in total. The predicted octanol–water partition coefficient (Wildman–Crippen LogP) is 2.75. The van der Waals surface area contributed by atoms with Gasteiger partial charge < -0.3 is 15.4 Å². The Morgan fingerprint density at radius 3 is 2.85 bits per heavy atom. The van der Waals surface area contributed by atoms with E-state index in [1.165, 1.54) is 0 Å². The fourth-order valence-electron chi connectivity index (χ4n) is 2.52. The number of nitrogens with one attached hydrogen (secondary N) is 2. The van der Waals surface area contributed by atoms with Gasteiger partial charge in [-0.1, -0.05) is 6.07 Å². The number of hydrogen-bond acceptors (Lipinski definition) is 3. The molecule has 112 valence electrons. The fraction of sp³-hybridized carbons (Fsp3) is 0.533. The maximum absolute atomic E-state index is 12.3. The van der Waals surface area contributed by atoms with Crippen LogP contribution in [0.2, 0.25) is 0 Å². The van der Waals surface area contributed by atoms with Gasteiger partial charge in [-0.25, -0.2) is 0 Å². The van der Waals surface area contributed by atoms with E-state index in [0.29, 0.717) is 11.8 Å². The summed E-state index contributed by atoms with van der Waals surface area (Å²) >= 11 is 0. The van der Waals surface area contributed by atoms with Crippen molar-refractivity contribution in [3.05, 3.63) is 23.8 Å². The van der Waals surface area contributed by atoms with Crippen LogP contribution in [0.5, 0.6) is 5.75 Å². The number of benzene rings is 1. The third-order valence-electron chi connectivity index (χ3n) is 3.61. The van der Waals surface area contributed by atoms with Gasteiger partial charge in [0.25, 0.3) is 0 Å². The Morgan fingerprint density at radius 2 is 2.20 bits per heavy atom. The lowest BCUT2D eigenvalue weighted by Gasteiger charge is -2.27. The van der Waals surface area contributed by atoms with E-state index < -0.39 is 0 Å². The lowest BCUT2D eigenvalue weighted by atomic mass is 9.92. The molecule has 1 amide bonds. The van der Waals surface area contributed by atoms with E-state index in [1.807, 2.05) is 25.1 Å². The lowest BCUT2D eigenvalue weighted by molar-refractivity contribution is -0.120. The number of rotatable bonds is 3. The first-order valence-electron chi connectivity index (χ1n) is 6.79. The molecule has 0 spiro atoms. The molecule has 1 aromatic rings. The summed E-state index contributed by atoms with van der Waals surface area (Å²) < 4.78 is 5.28. The number of piperidine rings is 1. The summed E-state index contributed by atoms with van der Waals surface area (Å²) in [5.41, 5.74) is 1.87. The molecule has 5 heteroatoms. The second-order valence-electron chi connectivity index (χ2n) is 5.27. The minimum absolute atomic E-state index is 0. The van der Waals surface area contributed by atoms with Gasteiger partial charge in [-0.3, -0.25) is 4.79 Å². The highest BCUT2D eigenvalue weighted by molar-refractivity contribution is 5.94. The summed E-state index contributed by atoms with van der Waals surface area (Å²) in [4.78, 5) is 12.3. The molecule has 0 saturated carbocycles. The van der Waals surface area contributed by atoms with Crippen molar-refractivity contribution in [2.45, 2.75) is 32.7 Å². The van der Waals surface area contributed by atoms with Crippen LogP contribution in [-0.2, 0) is 4.79 Å².